The van der Waals surface area contributed by atoms with E-state index in [0.717, 1.165) is 24.7 Å². The van der Waals surface area contributed by atoms with E-state index in [1.807, 2.05) is 7.05 Å². The van der Waals surface area contributed by atoms with Crippen molar-refractivity contribution in [3.05, 3.63) is 12.2 Å². The Bertz CT molecular complexity index is 442. The summed E-state index contributed by atoms with van der Waals surface area (Å²) in [6.45, 7) is 5.96. The number of halogens is 1. The van der Waals surface area contributed by atoms with Crippen molar-refractivity contribution in [2.75, 3.05) is 27.7 Å². The summed E-state index contributed by atoms with van der Waals surface area (Å²) in [4.78, 5) is 10.7. The van der Waals surface area contributed by atoms with Crippen LogP contribution in [0.1, 0.15) is 26.1 Å². The lowest BCUT2D eigenvalue weighted by Crippen LogP contribution is -2.45. The molecule has 0 aromatic carbocycles. The molecule has 8 heteroatoms. The average Bonchev–Trinajstić information content (AvgIpc) is 2.82. The van der Waals surface area contributed by atoms with Gasteiger partial charge in [-0.1, -0.05) is 13.8 Å². The van der Waals surface area contributed by atoms with E-state index in [1.165, 1.54) is 0 Å². The maximum Gasteiger partial charge on any atom is 0.191 e. The van der Waals surface area contributed by atoms with Gasteiger partial charge in [0.05, 0.1) is 6.54 Å². The zero-order valence-electron chi connectivity index (χ0n) is 14.5. The van der Waals surface area contributed by atoms with Gasteiger partial charge in [-0.25, -0.2) is 4.98 Å². The van der Waals surface area contributed by atoms with E-state index < -0.39 is 0 Å². The number of aromatic nitrogens is 3. The number of hydrogen-bond acceptors (Lipinski definition) is 4. The first kappa shape index (κ1) is 21.1. The summed E-state index contributed by atoms with van der Waals surface area (Å²) in [5, 5.41) is 10.7. The lowest BCUT2D eigenvalue weighted by atomic mass is 10.0. The Kier molecular flexibility index (Phi) is 10.3. The first-order valence-corrected chi connectivity index (χ1v) is 7.37. The molecule has 22 heavy (non-hydrogen) atoms. The van der Waals surface area contributed by atoms with Crippen molar-refractivity contribution in [3.63, 3.8) is 0 Å². The number of guanidine groups is 1. The third-order valence-corrected chi connectivity index (χ3v) is 3.42. The smallest absolute Gasteiger partial charge is 0.191 e. The quantitative estimate of drug-likeness (QED) is 0.390. The van der Waals surface area contributed by atoms with E-state index in [0.29, 0.717) is 18.5 Å². The number of nitrogens with one attached hydrogen (secondary N) is 2. The molecule has 128 valence electrons. The number of nitrogens with zero attached hydrogens (tertiary/aromatic N) is 5. The van der Waals surface area contributed by atoms with E-state index >= 15 is 0 Å². The summed E-state index contributed by atoms with van der Waals surface area (Å²) in [6, 6.07) is 0.485. The molecule has 0 fully saturated rings. The standard InChI is InChI=1S/C14H29N7.HI/c1-11(2)7-12(20(4)5)8-16-14(15-3)17-9-13-18-10-19-21(13)6;/h10-12H,7-9H2,1-6H3,(H2,15,16,17);1H. The van der Waals surface area contributed by atoms with Crippen LogP contribution in [0.4, 0.5) is 0 Å². The molecule has 0 saturated heterocycles. The first-order valence-electron chi connectivity index (χ1n) is 7.37. The summed E-state index contributed by atoms with van der Waals surface area (Å²) in [5.74, 6) is 2.34. The van der Waals surface area contributed by atoms with Crippen LogP contribution in [0.15, 0.2) is 11.3 Å². The van der Waals surface area contributed by atoms with Crippen molar-refractivity contribution in [1.82, 2.24) is 30.3 Å². The Hall–Kier alpha value is -0.900. The van der Waals surface area contributed by atoms with Crippen LogP contribution in [0.3, 0.4) is 0 Å². The number of rotatable bonds is 7. The highest BCUT2D eigenvalue weighted by Gasteiger charge is 2.14. The van der Waals surface area contributed by atoms with Crippen molar-refractivity contribution >= 4 is 29.9 Å². The summed E-state index contributed by atoms with van der Waals surface area (Å²) in [6.07, 6.45) is 2.71. The molecule has 0 saturated carbocycles. The Balaban J connectivity index is 0.00000441. The molecule has 7 nitrogen and oxygen atoms in total. The number of aliphatic imine (C=N–C) groups is 1. The van der Waals surface area contributed by atoms with Gasteiger partial charge in [-0.3, -0.25) is 9.67 Å². The topological polar surface area (TPSA) is 70.4 Å². The van der Waals surface area contributed by atoms with Crippen molar-refractivity contribution in [3.8, 4) is 0 Å². The van der Waals surface area contributed by atoms with E-state index in [2.05, 4.69) is 58.6 Å². The average molecular weight is 423 g/mol. The Morgan fingerprint density at radius 3 is 2.50 bits per heavy atom. The number of likely N-dealkylation sites (N-methyl/N-ethyl adjacent to an activating group) is 1. The summed E-state index contributed by atoms with van der Waals surface area (Å²) >= 11 is 0. The van der Waals surface area contributed by atoms with E-state index in [4.69, 9.17) is 0 Å². The predicted octanol–water partition coefficient (Wildman–Crippen LogP) is 1.07. The van der Waals surface area contributed by atoms with Gasteiger partial charge in [0, 0.05) is 26.7 Å². The molecule has 0 bridgehead atoms. The van der Waals surface area contributed by atoms with Crippen LogP contribution >= 0.6 is 24.0 Å². The highest BCUT2D eigenvalue weighted by molar-refractivity contribution is 14.0. The lowest BCUT2D eigenvalue weighted by molar-refractivity contribution is 0.254. The van der Waals surface area contributed by atoms with Crippen molar-refractivity contribution < 1.29 is 0 Å². The largest absolute Gasteiger partial charge is 0.355 e. The minimum atomic E-state index is 0. The first-order chi connectivity index (χ1) is 9.93. The fraction of sp³-hybridized carbons (Fsp3) is 0.786. The molecule has 1 rings (SSSR count). The molecule has 1 unspecified atom stereocenters. The van der Waals surface area contributed by atoms with Crippen LogP contribution in [0.25, 0.3) is 0 Å². The second-order valence-corrected chi connectivity index (χ2v) is 5.85. The maximum atomic E-state index is 4.25. The minimum absolute atomic E-state index is 0. The molecule has 0 amide bonds. The summed E-state index contributed by atoms with van der Waals surface area (Å²) in [5.41, 5.74) is 0. The van der Waals surface area contributed by atoms with Gasteiger partial charge in [0.15, 0.2) is 5.96 Å². The fourth-order valence-electron chi connectivity index (χ4n) is 2.10. The monoisotopic (exact) mass is 423 g/mol. The van der Waals surface area contributed by atoms with E-state index in [1.54, 1.807) is 18.1 Å². The lowest BCUT2D eigenvalue weighted by Gasteiger charge is -2.27. The molecule has 0 radical (unpaired) electrons. The molecule has 0 aliphatic heterocycles. The molecule has 1 heterocycles. The van der Waals surface area contributed by atoms with E-state index in [9.17, 15) is 0 Å². The van der Waals surface area contributed by atoms with Gasteiger partial charge in [-0.05, 0) is 26.4 Å². The molecule has 0 aliphatic carbocycles. The molecule has 0 aliphatic rings. The van der Waals surface area contributed by atoms with Gasteiger partial charge < -0.3 is 15.5 Å². The molecule has 2 N–H and O–H groups in total. The Morgan fingerprint density at radius 1 is 1.36 bits per heavy atom. The second-order valence-electron chi connectivity index (χ2n) is 5.85. The van der Waals surface area contributed by atoms with Crippen molar-refractivity contribution in [2.45, 2.75) is 32.9 Å². The molecular formula is C14H30IN7. The van der Waals surface area contributed by atoms with Gasteiger partial charge in [-0.15, -0.1) is 24.0 Å². The molecule has 0 spiro atoms. The second kappa shape index (κ2) is 10.8. The van der Waals surface area contributed by atoms with Gasteiger partial charge in [0.2, 0.25) is 0 Å². The Labute approximate surface area is 151 Å². The van der Waals surface area contributed by atoms with Crippen LogP contribution in [0, 0.1) is 5.92 Å². The highest BCUT2D eigenvalue weighted by Crippen LogP contribution is 2.07. The SMILES string of the molecule is CN=C(NCc1ncnn1C)NCC(CC(C)C)N(C)C.I. The fourth-order valence-corrected chi connectivity index (χ4v) is 2.10. The van der Waals surface area contributed by atoms with Gasteiger partial charge in [-0.2, -0.15) is 5.10 Å². The minimum Gasteiger partial charge on any atom is -0.355 e. The molecule has 1 atom stereocenters. The van der Waals surface area contributed by atoms with Crippen LogP contribution in [0.5, 0.6) is 0 Å². The number of hydrogen-bond donors (Lipinski definition) is 2. The van der Waals surface area contributed by atoms with Gasteiger partial charge in [0.1, 0.15) is 12.2 Å². The Morgan fingerprint density at radius 2 is 2.05 bits per heavy atom. The zero-order valence-corrected chi connectivity index (χ0v) is 16.8. The summed E-state index contributed by atoms with van der Waals surface area (Å²) in [7, 11) is 7.89. The number of aryl methyl sites for hydroxylation is 1. The third kappa shape index (κ3) is 7.39. The molecular weight excluding hydrogens is 393 g/mol. The van der Waals surface area contributed by atoms with Crippen LogP contribution in [-0.4, -0.2) is 59.4 Å². The third-order valence-electron chi connectivity index (χ3n) is 3.42. The highest BCUT2D eigenvalue weighted by atomic mass is 127. The predicted molar refractivity (Wildman–Crippen MR) is 102 cm³/mol. The zero-order chi connectivity index (χ0) is 15.8. The van der Waals surface area contributed by atoms with E-state index in [-0.39, 0.29) is 24.0 Å². The summed E-state index contributed by atoms with van der Waals surface area (Å²) < 4.78 is 1.75. The molecule has 1 aromatic heterocycles. The van der Waals surface area contributed by atoms with Crippen LogP contribution < -0.4 is 10.6 Å². The van der Waals surface area contributed by atoms with Crippen molar-refractivity contribution in [1.29, 1.82) is 0 Å². The van der Waals surface area contributed by atoms with Crippen LogP contribution in [0.2, 0.25) is 0 Å². The van der Waals surface area contributed by atoms with Crippen molar-refractivity contribution in [2.24, 2.45) is 18.0 Å². The van der Waals surface area contributed by atoms with Gasteiger partial charge >= 0.3 is 0 Å². The maximum absolute atomic E-state index is 4.25. The molecule has 1 aromatic rings. The van der Waals surface area contributed by atoms with Gasteiger partial charge in [0.25, 0.3) is 0 Å². The normalized spacial score (nSPS) is 13.2. The van der Waals surface area contributed by atoms with Crippen LogP contribution in [-0.2, 0) is 13.6 Å².